The molecule has 0 bridgehead atoms. The predicted molar refractivity (Wildman–Crippen MR) is 94.1 cm³/mol. The lowest BCUT2D eigenvalue weighted by Gasteiger charge is -2.22. The fourth-order valence-electron chi connectivity index (χ4n) is 2.03. The molecule has 0 radical (unpaired) electrons. The van der Waals surface area contributed by atoms with Crippen LogP contribution in [0.1, 0.15) is 12.7 Å². The molecular formula is C16H17Cl2N3O4. The van der Waals surface area contributed by atoms with Gasteiger partial charge in [0.25, 0.3) is 5.91 Å². The first-order chi connectivity index (χ1) is 11.8. The van der Waals surface area contributed by atoms with Gasteiger partial charge in [0.05, 0.1) is 11.6 Å². The summed E-state index contributed by atoms with van der Waals surface area (Å²) in [5.74, 6) is 0.365. The van der Waals surface area contributed by atoms with Crippen molar-refractivity contribution in [1.82, 2.24) is 10.1 Å². The summed E-state index contributed by atoms with van der Waals surface area (Å²) in [6, 6.07) is 6.47. The monoisotopic (exact) mass is 385 g/mol. The molecule has 134 valence electrons. The highest BCUT2D eigenvalue weighted by Crippen LogP contribution is 2.32. The molecule has 9 heteroatoms. The molecule has 0 fully saturated rings. The topological polar surface area (TPSA) is 84.7 Å². The van der Waals surface area contributed by atoms with Crippen molar-refractivity contribution in [2.75, 3.05) is 18.9 Å². The highest BCUT2D eigenvalue weighted by molar-refractivity contribution is 6.42. The lowest BCUT2D eigenvalue weighted by atomic mass is 10.3. The van der Waals surface area contributed by atoms with Gasteiger partial charge in [-0.3, -0.25) is 9.59 Å². The summed E-state index contributed by atoms with van der Waals surface area (Å²) >= 11 is 11.9. The van der Waals surface area contributed by atoms with E-state index in [-0.39, 0.29) is 17.5 Å². The Hall–Kier alpha value is -2.25. The summed E-state index contributed by atoms with van der Waals surface area (Å²) in [4.78, 5) is 25.5. The van der Waals surface area contributed by atoms with Gasteiger partial charge < -0.3 is 19.5 Å². The van der Waals surface area contributed by atoms with Crippen molar-refractivity contribution in [3.8, 4) is 5.75 Å². The fourth-order valence-corrected chi connectivity index (χ4v) is 2.36. The Bertz CT molecular complexity index is 778. The van der Waals surface area contributed by atoms with Crippen LogP contribution in [0.5, 0.6) is 5.75 Å². The lowest BCUT2D eigenvalue weighted by Crippen LogP contribution is -2.42. The summed E-state index contributed by atoms with van der Waals surface area (Å²) in [7, 11) is 1.50. The third kappa shape index (κ3) is 5.11. The van der Waals surface area contributed by atoms with Crippen molar-refractivity contribution in [2.45, 2.75) is 20.0 Å². The number of ether oxygens (including phenoxy) is 1. The van der Waals surface area contributed by atoms with Crippen LogP contribution in [0.15, 0.2) is 28.8 Å². The molecule has 1 N–H and O–H groups in total. The Morgan fingerprint density at radius 3 is 2.76 bits per heavy atom. The molecule has 0 spiro atoms. The summed E-state index contributed by atoms with van der Waals surface area (Å²) in [6.45, 7) is 3.11. The molecular weight excluding hydrogens is 369 g/mol. The number of benzene rings is 1. The van der Waals surface area contributed by atoms with E-state index in [2.05, 4.69) is 10.5 Å². The Kier molecular flexibility index (Phi) is 6.27. The third-order valence-electron chi connectivity index (χ3n) is 3.22. The van der Waals surface area contributed by atoms with Crippen LogP contribution in [-0.4, -0.2) is 41.6 Å². The number of carbonyl (C=O) groups excluding carboxylic acids is 2. The number of carbonyl (C=O) groups is 2. The van der Waals surface area contributed by atoms with E-state index in [0.29, 0.717) is 22.4 Å². The van der Waals surface area contributed by atoms with E-state index in [1.54, 1.807) is 38.1 Å². The van der Waals surface area contributed by atoms with E-state index in [9.17, 15) is 9.59 Å². The minimum Gasteiger partial charge on any atom is -0.479 e. The summed E-state index contributed by atoms with van der Waals surface area (Å²) < 4.78 is 10.4. The number of hydrogen-bond acceptors (Lipinski definition) is 5. The zero-order valence-electron chi connectivity index (χ0n) is 13.9. The Balaban J connectivity index is 1.92. The van der Waals surface area contributed by atoms with Gasteiger partial charge in [0, 0.05) is 13.1 Å². The smallest absolute Gasteiger partial charge is 0.263 e. The van der Waals surface area contributed by atoms with Crippen molar-refractivity contribution in [3.05, 3.63) is 40.1 Å². The molecule has 0 saturated heterocycles. The number of likely N-dealkylation sites (N-methyl/N-ethyl adjacent to an activating group) is 1. The quantitative estimate of drug-likeness (QED) is 0.825. The Morgan fingerprint density at radius 1 is 1.40 bits per heavy atom. The number of nitrogens with one attached hydrogen (secondary N) is 1. The van der Waals surface area contributed by atoms with Crippen LogP contribution in [0.3, 0.4) is 0 Å². The van der Waals surface area contributed by atoms with Gasteiger partial charge >= 0.3 is 0 Å². The van der Waals surface area contributed by atoms with Gasteiger partial charge in [-0.05, 0) is 26.0 Å². The molecule has 0 aliphatic rings. The van der Waals surface area contributed by atoms with Crippen LogP contribution in [0.25, 0.3) is 0 Å². The standard InChI is InChI=1S/C16H17Cl2N3O4/c1-9-7-13(20-25-9)19-14(22)8-21(3)16(23)10(2)24-12-6-4-5-11(17)15(12)18/h4-7,10H,8H2,1-3H3,(H,19,20,22). The summed E-state index contributed by atoms with van der Waals surface area (Å²) in [6.07, 6.45) is -0.844. The van der Waals surface area contributed by atoms with Gasteiger partial charge in [-0.15, -0.1) is 0 Å². The molecule has 1 atom stereocenters. The number of hydrogen-bond donors (Lipinski definition) is 1. The first-order valence-electron chi connectivity index (χ1n) is 7.36. The van der Waals surface area contributed by atoms with Crippen LogP contribution in [0.4, 0.5) is 5.82 Å². The average molecular weight is 386 g/mol. The molecule has 0 saturated carbocycles. The molecule has 1 aromatic carbocycles. The summed E-state index contributed by atoms with van der Waals surface area (Å²) in [5.41, 5.74) is 0. The van der Waals surface area contributed by atoms with E-state index < -0.39 is 12.0 Å². The summed E-state index contributed by atoms with van der Waals surface area (Å²) in [5, 5.41) is 6.75. The zero-order chi connectivity index (χ0) is 18.6. The van der Waals surface area contributed by atoms with Gasteiger partial charge in [0.1, 0.15) is 16.5 Å². The molecule has 1 aromatic heterocycles. The molecule has 0 aliphatic heterocycles. The fraction of sp³-hybridized carbons (Fsp3) is 0.312. The number of amides is 2. The van der Waals surface area contributed by atoms with Crippen molar-refractivity contribution in [2.24, 2.45) is 0 Å². The maximum Gasteiger partial charge on any atom is 0.263 e. The van der Waals surface area contributed by atoms with Crippen LogP contribution >= 0.6 is 23.2 Å². The van der Waals surface area contributed by atoms with Crippen LogP contribution in [0.2, 0.25) is 10.0 Å². The van der Waals surface area contributed by atoms with Gasteiger partial charge in [-0.1, -0.05) is 34.4 Å². The van der Waals surface area contributed by atoms with Gasteiger partial charge in [0.15, 0.2) is 11.9 Å². The van der Waals surface area contributed by atoms with Crippen molar-refractivity contribution < 1.29 is 18.8 Å². The van der Waals surface area contributed by atoms with E-state index in [1.165, 1.54) is 11.9 Å². The van der Waals surface area contributed by atoms with Crippen molar-refractivity contribution in [1.29, 1.82) is 0 Å². The average Bonchev–Trinajstić information content (AvgIpc) is 2.95. The minimum atomic E-state index is -0.844. The van der Waals surface area contributed by atoms with Gasteiger partial charge in [-0.25, -0.2) is 0 Å². The maximum absolute atomic E-state index is 12.3. The zero-order valence-corrected chi connectivity index (χ0v) is 15.4. The number of nitrogens with zero attached hydrogens (tertiary/aromatic N) is 2. The number of aryl methyl sites for hydroxylation is 1. The first-order valence-corrected chi connectivity index (χ1v) is 8.12. The van der Waals surface area contributed by atoms with Crippen LogP contribution in [0, 0.1) is 6.92 Å². The molecule has 7 nitrogen and oxygen atoms in total. The normalized spacial score (nSPS) is 11.7. The molecule has 1 unspecified atom stereocenters. The van der Waals surface area contributed by atoms with Crippen molar-refractivity contribution in [3.63, 3.8) is 0 Å². The van der Waals surface area contributed by atoms with E-state index in [1.807, 2.05) is 0 Å². The third-order valence-corrected chi connectivity index (χ3v) is 4.02. The first kappa shape index (κ1) is 19.1. The SMILES string of the molecule is Cc1cc(NC(=O)CN(C)C(=O)C(C)Oc2cccc(Cl)c2Cl)no1. The maximum atomic E-state index is 12.3. The number of rotatable bonds is 6. The van der Waals surface area contributed by atoms with Crippen LogP contribution in [-0.2, 0) is 9.59 Å². The minimum absolute atomic E-state index is 0.165. The number of aromatic nitrogens is 1. The van der Waals surface area contributed by atoms with E-state index >= 15 is 0 Å². The van der Waals surface area contributed by atoms with Gasteiger partial charge in [0.2, 0.25) is 5.91 Å². The van der Waals surface area contributed by atoms with Crippen LogP contribution < -0.4 is 10.1 Å². The lowest BCUT2D eigenvalue weighted by molar-refractivity contribution is -0.139. The van der Waals surface area contributed by atoms with E-state index in [0.717, 1.165) is 0 Å². The highest BCUT2D eigenvalue weighted by atomic mass is 35.5. The number of anilines is 1. The molecule has 2 amide bonds. The largest absolute Gasteiger partial charge is 0.479 e. The second-order valence-corrected chi connectivity index (χ2v) is 6.16. The van der Waals surface area contributed by atoms with E-state index in [4.69, 9.17) is 32.5 Å². The van der Waals surface area contributed by atoms with Crippen molar-refractivity contribution >= 4 is 40.8 Å². The molecule has 2 rings (SSSR count). The second-order valence-electron chi connectivity index (χ2n) is 5.38. The Morgan fingerprint density at radius 2 is 2.12 bits per heavy atom. The van der Waals surface area contributed by atoms with Gasteiger partial charge in [-0.2, -0.15) is 0 Å². The highest BCUT2D eigenvalue weighted by Gasteiger charge is 2.22. The number of halogens is 2. The second kappa shape index (κ2) is 8.22. The molecule has 25 heavy (non-hydrogen) atoms. The molecule has 1 heterocycles. The predicted octanol–water partition coefficient (Wildman–Crippen LogP) is 3.15. The molecule has 2 aromatic rings. The Labute approximate surface area is 154 Å². The molecule has 0 aliphatic carbocycles.